The minimum atomic E-state index is 0. The number of rotatable bonds is 0. The van der Waals surface area contributed by atoms with Crippen molar-refractivity contribution in [2.45, 2.75) is 6.92 Å². The Morgan fingerprint density at radius 2 is 1.87 bits per heavy atom. The van der Waals surface area contributed by atoms with E-state index >= 15 is 0 Å². The third kappa shape index (κ3) is 1.74. The molecule has 0 saturated carbocycles. The Balaban J connectivity index is 0.000000853. The smallest absolute Gasteiger partial charge is 0.0211 e. The molecule has 0 aliphatic heterocycles. The number of hydrogen-bond acceptors (Lipinski definition) is 1. The standard InChI is InChI=1S/C13H9S.Ir/c1-9-6-7-11-10-4-2-3-5-12(10)14-13(11)8-9;/h2-5,7-8H,1H3;/q-1;. The van der Waals surface area contributed by atoms with E-state index < -0.39 is 0 Å². The summed E-state index contributed by atoms with van der Waals surface area (Å²) >= 11 is 1.86. The van der Waals surface area contributed by atoms with Gasteiger partial charge >= 0.3 is 0 Å². The number of thiophene rings is 1. The molecule has 77 valence electrons. The second-order valence-corrected chi connectivity index (χ2v) is 4.58. The normalized spacial score (nSPS) is 10.5. The van der Waals surface area contributed by atoms with Crippen LogP contribution in [0.4, 0.5) is 0 Å². The van der Waals surface area contributed by atoms with Crippen molar-refractivity contribution in [3.63, 3.8) is 0 Å². The molecule has 0 aliphatic carbocycles. The van der Waals surface area contributed by atoms with Crippen molar-refractivity contribution in [1.82, 2.24) is 0 Å². The van der Waals surface area contributed by atoms with Gasteiger partial charge in [0.05, 0.1) is 0 Å². The number of benzene rings is 2. The summed E-state index contributed by atoms with van der Waals surface area (Å²) in [5.74, 6) is 0. The Bertz CT molecular complexity index is 610. The third-order valence-corrected chi connectivity index (χ3v) is 3.59. The Morgan fingerprint density at radius 3 is 2.73 bits per heavy atom. The molecule has 0 atom stereocenters. The minimum absolute atomic E-state index is 0. The third-order valence-electron chi connectivity index (χ3n) is 2.45. The van der Waals surface area contributed by atoms with E-state index in [9.17, 15) is 0 Å². The topological polar surface area (TPSA) is 0 Å². The van der Waals surface area contributed by atoms with Crippen molar-refractivity contribution in [1.29, 1.82) is 0 Å². The van der Waals surface area contributed by atoms with E-state index in [1.165, 1.54) is 25.7 Å². The first-order valence-corrected chi connectivity index (χ1v) is 5.46. The molecular weight excluding hydrogens is 380 g/mol. The van der Waals surface area contributed by atoms with E-state index in [2.05, 4.69) is 49.4 Å². The molecule has 0 bridgehead atoms. The Labute approximate surface area is 106 Å². The van der Waals surface area contributed by atoms with Gasteiger partial charge in [-0.15, -0.1) is 5.39 Å². The quantitative estimate of drug-likeness (QED) is 0.507. The van der Waals surface area contributed by atoms with Crippen LogP contribution in [0.1, 0.15) is 5.56 Å². The van der Waals surface area contributed by atoms with Crippen LogP contribution in [-0.4, -0.2) is 0 Å². The van der Waals surface area contributed by atoms with E-state index in [1.54, 1.807) is 0 Å². The SMILES string of the molecule is Cc1[c-]cc2c(c1)sc1ccccc12.[Ir]. The second-order valence-electron chi connectivity index (χ2n) is 3.49. The summed E-state index contributed by atoms with van der Waals surface area (Å²) in [6.45, 7) is 2.09. The fourth-order valence-corrected chi connectivity index (χ4v) is 2.95. The molecule has 1 radical (unpaired) electrons. The fraction of sp³-hybridized carbons (Fsp3) is 0.0769. The van der Waals surface area contributed by atoms with Gasteiger partial charge in [0.1, 0.15) is 0 Å². The molecule has 2 heteroatoms. The molecule has 2 aromatic carbocycles. The molecule has 0 nitrogen and oxygen atoms in total. The summed E-state index contributed by atoms with van der Waals surface area (Å²) in [6, 6.07) is 16.1. The monoisotopic (exact) mass is 390 g/mol. The van der Waals surface area contributed by atoms with Gasteiger partial charge in [0.15, 0.2) is 0 Å². The first kappa shape index (κ1) is 10.8. The van der Waals surface area contributed by atoms with Crippen LogP contribution >= 0.6 is 11.3 Å². The van der Waals surface area contributed by atoms with Crippen molar-refractivity contribution in [3.8, 4) is 0 Å². The summed E-state index contributed by atoms with van der Waals surface area (Å²) in [7, 11) is 0. The zero-order valence-corrected chi connectivity index (χ0v) is 11.4. The Kier molecular flexibility index (Phi) is 2.92. The van der Waals surface area contributed by atoms with Gasteiger partial charge in [-0.2, -0.15) is 35.1 Å². The number of aryl methyl sites for hydroxylation is 1. The van der Waals surface area contributed by atoms with E-state index in [0.717, 1.165) is 0 Å². The summed E-state index contributed by atoms with van der Waals surface area (Å²) in [4.78, 5) is 0. The molecule has 0 saturated heterocycles. The average molecular weight is 389 g/mol. The molecule has 15 heavy (non-hydrogen) atoms. The minimum Gasteiger partial charge on any atom is -0.180 e. The van der Waals surface area contributed by atoms with E-state index in [1.807, 2.05) is 11.3 Å². The predicted octanol–water partition coefficient (Wildman–Crippen LogP) is 4.16. The zero-order valence-electron chi connectivity index (χ0n) is 8.21. The maximum absolute atomic E-state index is 3.26. The maximum atomic E-state index is 3.26. The molecule has 0 unspecified atom stereocenters. The molecule has 0 fully saturated rings. The number of fused-ring (bicyclic) bond motifs is 3. The summed E-state index contributed by atoms with van der Waals surface area (Å²) in [6.07, 6.45) is 0. The molecule has 0 amide bonds. The molecule has 0 spiro atoms. The van der Waals surface area contributed by atoms with Crippen LogP contribution in [0.15, 0.2) is 36.4 Å². The molecule has 0 aliphatic rings. The van der Waals surface area contributed by atoms with Crippen LogP contribution in [0.2, 0.25) is 0 Å². The van der Waals surface area contributed by atoms with E-state index in [4.69, 9.17) is 0 Å². The zero-order chi connectivity index (χ0) is 9.54. The Morgan fingerprint density at radius 1 is 1.07 bits per heavy atom. The van der Waals surface area contributed by atoms with Crippen LogP contribution in [0.5, 0.6) is 0 Å². The van der Waals surface area contributed by atoms with E-state index in [0.29, 0.717) is 0 Å². The van der Waals surface area contributed by atoms with Crippen molar-refractivity contribution in [3.05, 3.63) is 48.0 Å². The van der Waals surface area contributed by atoms with Gasteiger partial charge in [0.25, 0.3) is 0 Å². The Hall–Kier alpha value is -0.691. The van der Waals surface area contributed by atoms with Crippen molar-refractivity contribution >= 4 is 31.5 Å². The van der Waals surface area contributed by atoms with Gasteiger partial charge in [0.2, 0.25) is 0 Å². The van der Waals surface area contributed by atoms with Gasteiger partial charge in [-0.25, -0.2) is 0 Å². The first-order valence-electron chi connectivity index (χ1n) is 4.64. The molecule has 3 aromatic rings. The largest absolute Gasteiger partial charge is 0.180 e. The van der Waals surface area contributed by atoms with Crippen LogP contribution in [-0.2, 0) is 20.1 Å². The van der Waals surface area contributed by atoms with Gasteiger partial charge in [0, 0.05) is 24.8 Å². The maximum Gasteiger partial charge on any atom is 0.0211 e. The summed E-state index contributed by atoms with van der Waals surface area (Å²) < 4.78 is 2.73. The molecule has 1 heterocycles. The van der Waals surface area contributed by atoms with Crippen molar-refractivity contribution < 1.29 is 20.1 Å². The van der Waals surface area contributed by atoms with Gasteiger partial charge < -0.3 is 0 Å². The van der Waals surface area contributed by atoms with E-state index in [-0.39, 0.29) is 20.1 Å². The fourth-order valence-electron chi connectivity index (χ4n) is 1.76. The molecular formula is C13H9IrS-. The van der Waals surface area contributed by atoms with Gasteiger partial charge in [-0.05, 0) is 6.07 Å². The van der Waals surface area contributed by atoms with Crippen LogP contribution in [0.25, 0.3) is 20.2 Å². The molecule has 0 N–H and O–H groups in total. The van der Waals surface area contributed by atoms with Crippen molar-refractivity contribution in [2.24, 2.45) is 0 Å². The molecule has 3 rings (SSSR count). The summed E-state index contributed by atoms with van der Waals surface area (Å²) in [5, 5.41) is 2.68. The van der Waals surface area contributed by atoms with Crippen LogP contribution in [0.3, 0.4) is 0 Å². The molecule has 1 aromatic heterocycles. The van der Waals surface area contributed by atoms with Crippen LogP contribution in [0, 0.1) is 13.0 Å². The summed E-state index contributed by atoms with van der Waals surface area (Å²) in [5.41, 5.74) is 1.21. The predicted molar refractivity (Wildman–Crippen MR) is 62.9 cm³/mol. The van der Waals surface area contributed by atoms with Gasteiger partial charge in [-0.3, -0.25) is 0 Å². The first-order chi connectivity index (χ1) is 6.84. The average Bonchev–Trinajstić information content (AvgIpc) is 2.54. The van der Waals surface area contributed by atoms with Crippen LogP contribution < -0.4 is 0 Å². The van der Waals surface area contributed by atoms with Gasteiger partial charge in [-0.1, -0.05) is 35.2 Å². The second kappa shape index (κ2) is 4.05. The van der Waals surface area contributed by atoms with Crippen molar-refractivity contribution in [2.75, 3.05) is 0 Å². The number of hydrogen-bond donors (Lipinski definition) is 0.